The SMILES string of the molecule is Cc1c(CCOC=O)oc2cc(Cl)c(O)cc12. The molecule has 0 amide bonds. The molecular weight excluding hydrogens is 244 g/mol. The molecule has 0 aliphatic heterocycles. The highest BCUT2D eigenvalue weighted by Crippen LogP contribution is 2.33. The molecular formula is C12H11ClO4. The Labute approximate surface area is 103 Å². The molecule has 0 saturated heterocycles. The molecule has 1 aromatic carbocycles. The number of carbonyl (C=O) groups excluding carboxylic acids is 1. The third-order valence-electron chi connectivity index (χ3n) is 2.62. The van der Waals surface area contributed by atoms with Gasteiger partial charge in [-0.05, 0) is 18.6 Å². The topological polar surface area (TPSA) is 59.7 Å². The van der Waals surface area contributed by atoms with E-state index in [0.717, 1.165) is 16.7 Å². The summed E-state index contributed by atoms with van der Waals surface area (Å²) in [5.74, 6) is 0.752. The summed E-state index contributed by atoms with van der Waals surface area (Å²) < 4.78 is 10.2. The second-order valence-corrected chi connectivity index (χ2v) is 4.07. The van der Waals surface area contributed by atoms with Crippen LogP contribution in [0.2, 0.25) is 5.02 Å². The van der Waals surface area contributed by atoms with E-state index >= 15 is 0 Å². The van der Waals surface area contributed by atoms with Gasteiger partial charge >= 0.3 is 0 Å². The lowest BCUT2D eigenvalue weighted by atomic mass is 10.1. The van der Waals surface area contributed by atoms with Gasteiger partial charge in [0.2, 0.25) is 0 Å². The number of phenolic OH excluding ortho intramolecular Hbond substituents is 1. The molecule has 90 valence electrons. The Hall–Kier alpha value is -1.68. The van der Waals surface area contributed by atoms with Gasteiger partial charge < -0.3 is 14.3 Å². The van der Waals surface area contributed by atoms with Crippen LogP contribution in [0.1, 0.15) is 11.3 Å². The van der Waals surface area contributed by atoms with Crippen molar-refractivity contribution in [2.75, 3.05) is 6.61 Å². The van der Waals surface area contributed by atoms with Crippen molar-refractivity contribution in [3.05, 3.63) is 28.5 Å². The minimum Gasteiger partial charge on any atom is -0.506 e. The first-order chi connectivity index (χ1) is 8.13. The van der Waals surface area contributed by atoms with Gasteiger partial charge in [0.25, 0.3) is 6.47 Å². The van der Waals surface area contributed by atoms with E-state index in [1.807, 2.05) is 6.92 Å². The standard InChI is InChI=1S/C12H11ClO4/c1-7-8-4-10(15)9(13)5-12(8)17-11(7)2-3-16-6-14/h4-6,15H,2-3H2,1H3. The molecule has 0 bridgehead atoms. The second kappa shape index (κ2) is 4.67. The summed E-state index contributed by atoms with van der Waals surface area (Å²) in [5.41, 5.74) is 1.54. The van der Waals surface area contributed by atoms with Crippen LogP contribution in [0.25, 0.3) is 11.0 Å². The fourth-order valence-electron chi connectivity index (χ4n) is 1.72. The van der Waals surface area contributed by atoms with Gasteiger partial charge in [-0.3, -0.25) is 4.79 Å². The molecule has 1 aromatic heterocycles. The van der Waals surface area contributed by atoms with Crippen LogP contribution >= 0.6 is 11.6 Å². The number of furan rings is 1. The third kappa shape index (κ3) is 2.22. The quantitative estimate of drug-likeness (QED) is 0.673. The van der Waals surface area contributed by atoms with Gasteiger partial charge in [-0.2, -0.15) is 0 Å². The number of carbonyl (C=O) groups is 1. The van der Waals surface area contributed by atoms with Crippen molar-refractivity contribution in [3.8, 4) is 5.75 Å². The van der Waals surface area contributed by atoms with Crippen LogP contribution in [0, 0.1) is 6.92 Å². The van der Waals surface area contributed by atoms with E-state index in [0.29, 0.717) is 18.5 Å². The van der Waals surface area contributed by atoms with Crippen molar-refractivity contribution >= 4 is 29.0 Å². The first kappa shape index (κ1) is 11.8. The summed E-state index contributed by atoms with van der Waals surface area (Å²) in [7, 11) is 0. The van der Waals surface area contributed by atoms with Crippen LogP contribution in [0.4, 0.5) is 0 Å². The normalized spacial score (nSPS) is 10.7. The number of ether oxygens (including phenoxy) is 1. The first-order valence-corrected chi connectivity index (χ1v) is 5.47. The first-order valence-electron chi connectivity index (χ1n) is 5.09. The fraction of sp³-hybridized carbons (Fsp3) is 0.250. The summed E-state index contributed by atoms with van der Waals surface area (Å²) in [6.07, 6.45) is 0.498. The van der Waals surface area contributed by atoms with Gasteiger partial charge in [0.15, 0.2) is 0 Å². The highest BCUT2D eigenvalue weighted by atomic mass is 35.5. The predicted octanol–water partition coefficient (Wildman–Crippen LogP) is 2.82. The average molecular weight is 255 g/mol. The van der Waals surface area contributed by atoms with E-state index in [9.17, 15) is 9.90 Å². The number of hydrogen-bond acceptors (Lipinski definition) is 4. The van der Waals surface area contributed by atoms with E-state index < -0.39 is 0 Å². The van der Waals surface area contributed by atoms with Gasteiger partial charge in [0, 0.05) is 17.9 Å². The molecule has 0 aliphatic carbocycles. The van der Waals surface area contributed by atoms with Gasteiger partial charge in [0.1, 0.15) is 17.1 Å². The molecule has 0 saturated carbocycles. The average Bonchev–Trinajstić information content (AvgIpc) is 2.58. The van der Waals surface area contributed by atoms with Crippen molar-refractivity contribution < 1.29 is 19.1 Å². The highest BCUT2D eigenvalue weighted by molar-refractivity contribution is 6.32. The maximum Gasteiger partial charge on any atom is 0.293 e. The Morgan fingerprint density at radius 2 is 2.29 bits per heavy atom. The van der Waals surface area contributed by atoms with E-state index in [1.54, 1.807) is 12.1 Å². The lowest BCUT2D eigenvalue weighted by Gasteiger charge is -1.96. The number of aromatic hydroxyl groups is 1. The van der Waals surface area contributed by atoms with Crippen LogP contribution in [0.15, 0.2) is 16.5 Å². The Balaban J connectivity index is 2.38. The lowest BCUT2D eigenvalue weighted by molar-refractivity contribution is -0.128. The second-order valence-electron chi connectivity index (χ2n) is 3.67. The molecule has 1 heterocycles. The summed E-state index contributed by atoms with van der Waals surface area (Å²) >= 11 is 5.80. The Bertz CT molecular complexity index is 559. The van der Waals surface area contributed by atoms with Gasteiger partial charge in [-0.1, -0.05) is 11.6 Å². The molecule has 0 radical (unpaired) electrons. The maximum absolute atomic E-state index is 10.0. The number of benzene rings is 1. The number of aryl methyl sites for hydroxylation is 1. The van der Waals surface area contributed by atoms with Gasteiger partial charge in [0.05, 0.1) is 11.6 Å². The van der Waals surface area contributed by atoms with Crippen molar-refractivity contribution in [2.24, 2.45) is 0 Å². The van der Waals surface area contributed by atoms with E-state index in [1.165, 1.54) is 0 Å². The maximum atomic E-state index is 10.0. The number of halogens is 1. The molecule has 4 nitrogen and oxygen atoms in total. The Morgan fingerprint density at radius 1 is 1.53 bits per heavy atom. The summed E-state index contributed by atoms with van der Waals surface area (Å²) in [6, 6.07) is 3.14. The molecule has 2 rings (SSSR count). The summed E-state index contributed by atoms with van der Waals surface area (Å²) in [6.45, 7) is 2.56. The third-order valence-corrected chi connectivity index (χ3v) is 2.92. The molecule has 2 aromatic rings. The van der Waals surface area contributed by atoms with Crippen molar-refractivity contribution in [2.45, 2.75) is 13.3 Å². The predicted molar refractivity (Wildman–Crippen MR) is 63.3 cm³/mol. The summed E-state index contributed by atoms with van der Waals surface area (Å²) in [4.78, 5) is 10.0. The molecule has 0 unspecified atom stereocenters. The van der Waals surface area contributed by atoms with E-state index in [2.05, 4.69) is 4.74 Å². The zero-order chi connectivity index (χ0) is 12.4. The van der Waals surface area contributed by atoms with Gasteiger partial charge in [-0.15, -0.1) is 0 Å². The smallest absolute Gasteiger partial charge is 0.293 e. The number of hydrogen-bond donors (Lipinski definition) is 1. The summed E-state index contributed by atoms with van der Waals surface area (Å²) in [5, 5.41) is 10.6. The van der Waals surface area contributed by atoms with Gasteiger partial charge in [-0.25, -0.2) is 0 Å². The number of phenols is 1. The number of fused-ring (bicyclic) bond motifs is 1. The van der Waals surface area contributed by atoms with Crippen LogP contribution in [-0.2, 0) is 16.0 Å². The molecule has 0 fully saturated rings. The number of rotatable bonds is 4. The minimum absolute atomic E-state index is 0.0266. The molecule has 17 heavy (non-hydrogen) atoms. The van der Waals surface area contributed by atoms with Crippen LogP contribution in [0.3, 0.4) is 0 Å². The largest absolute Gasteiger partial charge is 0.506 e. The Kier molecular flexibility index (Phi) is 3.24. The molecule has 0 atom stereocenters. The van der Waals surface area contributed by atoms with Crippen molar-refractivity contribution in [3.63, 3.8) is 0 Å². The van der Waals surface area contributed by atoms with Crippen molar-refractivity contribution in [1.29, 1.82) is 0 Å². The molecule has 0 aliphatic rings. The van der Waals surface area contributed by atoms with Crippen molar-refractivity contribution in [1.82, 2.24) is 0 Å². The van der Waals surface area contributed by atoms with Crippen LogP contribution in [0.5, 0.6) is 5.75 Å². The highest BCUT2D eigenvalue weighted by Gasteiger charge is 2.12. The minimum atomic E-state index is 0.0266. The molecule has 5 heteroatoms. The Morgan fingerprint density at radius 3 is 3.00 bits per heavy atom. The molecule has 1 N–H and O–H groups in total. The molecule has 0 spiro atoms. The van der Waals surface area contributed by atoms with Crippen LogP contribution < -0.4 is 0 Å². The lowest BCUT2D eigenvalue weighted by Crippen LogP contribution is -1.96. The van der Waals surface area contributed by atoms with Crippen LogP contribution in [-0.4, -0.2) is 18.2 Å². The van der Waals surface area contributed by atoms with E-state index in [-0.39, 0.29) is 17.4 Å². The van der Waals surface area contributed by atoms with E-state index in [4.69, 9.17) is 16.0 Å². The monoisotopic (exact) mass is 254 g/mol. The fourth-order valence-corrected chi connectivity index (χ4v) is 1.87. The zero-order valence-corrected chi connectivity index (χ0v) is 9.95. The zero-order valence-electron chi connectivity index (χ0n) is 9.20.